The number of nitrogens with zero attached hydrogens (tertiary/aromatic N) is 2. The van der Waals surface area contributed by atoms with Crippen molar-refractivity contribution in [2.24, 2.45) is 0 Å². The smallest absolute Gasteiger partial charge is 0.266 e. The van der Waals surface area contributed by atoms with Crippen LogP contribution in [0, 0.1) is 0 Å². The van der Waals surface area contributed by atoms with Crippen molar-refractivity contribution < 1.29 is 4.79 Å². The third-order valence-electron chi connectivity index (χ3n) is 3.70. The van der Waals surface area contributed by atoms with Crippen molar-refractivity contribution >= 4 is 28.7 Å². The second kappa shape index (κ2) is 7.75. The first-order valence-electron chi connectivity index (χ1n) is 7.86. The van der Waals surface area contributed by atoms with Gasteiger partial charge < -0.3 is 10.2 Å². The van der Waals surface area contributed by atoms with Crippen molar-refractivity contribution in [2.45, 2.75) is 13.5 Å². The van der Waals surface area contributed by atoms with E-state index in [0.717, 1.165) is 18.8 Å². The number of hydrogen-bond acceptors (Lipinski definition) is 4. The van der Waals surface area contributed by atoms with Crippen molar-refractivity contribution in [1.29, 1.82) is 0 Å². The monoisotopic (exact) mass is 337 g/mol. The van der Waals surface area contributed by atoms with E-state index in [2.05, 4.69) is 34.3 Å². The van der Waals surface area contributed by atoms with Crippen LogP contribution in [-0.2, 0) is 6.54 Å². The molecule has 5 heteroatoms. The molecule has 0 radical (unpaired) electrons. The molecule has 0 aliphatic carbocycles. The summed E-state index contributed by atoms with van der Waals surface area (Å²) in [6.07, 6.45) is 1.80. The Labute approximate surface area is 145 Å². The maximum atomic E-state index is 12.0. The maximum Gasteiger partial charge on any atom is 0.266 e. The van der Waals surface area contributed by atoms with Gasteiger partial charge in [0.15, 0.2) is 0 Å². The number of anilines is 2. The van der Waals surface area contributed by atoms with Crippen LogP contribution in [0.15, 0.2) is 66.2 Å². The van der Waals surface area contributed by atoms with Gasteiger partial charge in [-0.25, -0.2) is 4.98 Å². The highest BCUT2D eigenvalue weighted by molar-refractivity contribution is 7.12. The Balaban J connectivity index is 1.67. The summed E-state index contributed by atoms with van der Waals surface area (Å²) in [5, 5.41) is 4.70. The number of hydrogen-bond donors (Lipinski definition) is 1. The summed E-state index contributed by atoms with van der Waals surface area (Å²) >= 11 is 1.42. The molecule has 4 nitrogen and oxygen atoms in total. The van der Waals surface area contributed by atoms with Gasteiger partial charge in [-0.05, 0) is 36.1 Å². The number of aromatic nitrogens is 1. The average Bonchev–Trinajstić information content (AvgIpc) is 3.16. The molecule has 0 aliphatic rings. The van der Waals surface area contributed by atoms with E-state index in [0.29, 0.717) is 10.7 Å². The van der Waals surface area contributed by atoms with Gasteiger partial charge in [-0.3, -0.25) is 4.79 Å². The SMILES string of the molecule is CCN(Cc1ccccc1)c1ccc(NC(=O)c2cccs2)nc1. The second-order valence-electron chi connectivity index (χ2n) is 5.33. The quantitative estimate of drug-likeness (QED) is 0.724. The van der Waals surface area contributed by atoms with Gasteiger partial charge in [0.25, 0.3) is 5.91 Å². The van der Waals surface area contributed by atoms with E-state index in [4.69, 9.17) is 0 Å². The maximum absolute atomic E-state index is 12.0. The van der Waals surface area contributed by atoms with Gasteiger partial charge in [0.1, 0.15) is 5.82 Å². The van der Waals surface area contributed by atoms with Gasteiger partial charge in [-0.15, -0.1) is 11.3 Å². The van der Waals surface area contributed by atoms with Crippen molar-refractivity contribution in [1.82, 2.24) is 4.98 Å². The van der Waals surface area contributed by atoms with E-state index >= 15 is 0 Å². The summed E-state index contributed by atoms with van der Waals surface area (Å²) in [6.45, 7) is 3.84. The minimum atomic E-state index is -0.123. The molecular weight excluding hydrogens is 318 g/mol. The fourth-order valence-electron chi connectivity index (χ4n) is 2.42. The fraction of sp³-hybridized carbons (Fsp3) is 0.158. The van der Waals surface area contributed by atoms with E-state index in [1.54, 1.807) is 12.3 Å². The standard InChI is InChI=1S/C19H19N3OS/c1-2-22(14-15-7-4-3-5-8-15)16-10-11-18(20-13-16)21-19(23)17-9-6-12-24-17/h3-13H,2,14H2,1H3,(H,20,21,23). The van der Waals surface area contributed by atoms with Gasteiger partial charge in [-0.2, -0.15) is 0 Å². The zero-order chi connectivity index (χ0) is 16.8. The molecule has 0 saturated heterocycles. The molecule has 0 bridgehead atoms. The first kappa shape index (κ1) is 16.2. The number of nitrogens with one attached hydrogen (secondary N) is 1. The lowest BCUT2D eigenvalue weighted by atomic mass is 10.2. The van der Waals surface area contributed by atoms with E-state index in [1.165, 1.54) is 16.9 Å². The molecule has 3 rings (SSSR count). The topological polar surface area (TPSA) is 45.2 Å². The number of thiophene rings is 1. The molecule has 1 N–H and O–H groups in total. The van der Waals surface area contributed by atoms with Crippen LogP contribution in [0.1, 0.15) is 22.2 Å². The van der Waals surface area contributed by atoms with Crippen molar-refractivity contribution in [3.05, 3.63) is 76.6 Å². The zero-order valence-corrected chi connectivity index (χ0v) is 14.3. The van der Waals surface area contributed by atoms with Crippen LogP contribution in [0.25, 0.3) is 0 Å². The predicted octanol–water partition coefficient (Wildman–Crippen LogP) is 4.42. The molecule has 0 atom stereocenters. The van der Waals surface area contributed by atoms with E-state index in [-0.39, 0.29) is 5.91 Å². The highest BCUT2D eigenvalue weighted by Crippen LogP contribution is 2.18. The van der Waals surface area contributed by atoms with Crippen LogP contribution < -0.4 is 10.2 Å². The highest BCUT2D eigenvalue weighted by Gasteiger charge is 2.09. The van der Waals surface area contributed by atoms with E-state index < -0.39 is 0 Å². The minimum Gasteiger partial charge on any atom is -0.366 e. The third-order valence-corrected chi connectivity index (χ3v) is 4.57. The summed E-state index contributed by atoms with van der Waals surface area (Å²) in [7, 11) is 0. The first-order chi connectivity index (χ1) is 11.8. The zero-order valence-electron chi connectivity index (χ0n) is 13.5. The lowest BCUT2D eigenvalue weighted by Crippen LogP contribution is -2.22. The Hall–Kier alpha value is -2.66. The number of benzene rings is 1. The average molecular weight is 337 g/mol. The van der Waals surface area contributed by atoms with Gasteiger partial charge in [0.05, 0.1) is 16.8 Å². The Kier molecular flexibility index (Phi) is 5.23. The first-order valence-corrected chi connectivity index (χ1v) is 8.74. The normalized spacial score (nSPS) is 10.4. The molecule has 0 fully saturated rings. The van der Waals surface area contributed by atoms with Crippen LogP contribution >= 0.6 is 11.3 Å². The summed E-state index contributed by atoms with van der Waals surface area (Å²) in [5.41, 5.74) is 2.30. The van der Waals surface area contributed by atoms with Crippen LogP contribution in [0.2, 0.25) is 0 Å². The summed E-state index contributed by atoms with van der Waals surface area (Å²) in [6, 6.07) is 17.8. The molecule has 2 aromatic heterocycles. The van der Waals surface area contributed by atoms with Gasteiger partial charge in [0.2, 0.25) is 0 Å². The molecule has 0 unspecified atom stereocenters. The number of rotatable bonds is 6. The van der Waals surface area contributed by atoms with Crippen LogP contribution in [0.4, 0.5) is 11.5 Å². The third kappa shape index (κ3) is 4.00. The Bertz CT molecular complexity index is 770. The molecule has 24 heavy (non-hydrogen) atoms. The molecule has 0 aliphatic heterocycles. The molecular formula is C19H19N3OS. The minimum absolute atomic E-state index is 0.123. The number of carbonyl (C=O) groups excluding carboxylic acids is 1. The molecule has 1 amide bonds. The molecule has 0 spiro atoms. The molecule has 1 aromatic carbocycles. The highest BCUT2D eigenvalue weighted by atomic mass is 32.1. The number of carbonyl (C=O) groups is 1. The number of amides is 1. The van der Waals surface area contributed by atoms with Gasteiger partial charge in [-0.1, -0.05) is 36.4 Å². The summed E-state index contributed by atoms with van der Waals surface area (Å²) in [4.78, 5) is 19.3. The Morgan fingerprint density at radius 1 is 1.12 bits per heavy atom. The Morgan fingerprint density at radius 3 is 2.58 bits per heavy atom. The van der Waals surface area contributed by atoms with Crippen LogP contribution in [0.5, 0.6) is 0 Å². The second-order valence-corrected chi connectivity index (χ2v) is 6.28. The van der Waals surface area contributed by atoms with Gasteiger partial charge in [0, 0.05) is 13.1 Å². The fourth-order valence-corrected chi connectivity index (χ4v) is 3.04. The van der Waals surface area contributed by atoms with E-state index in [9.17, 15) is 4.79 Å². The van der Waals surface area contributed by atoms with E-state index in [1.807, 2.05) is 41.8 Å². The van der Waals surface area contributed by atoms with Crippen molar-refractivity contribution in [3.63, 3.8) is 0 Å². The molecule has 0 saturated carbocycles. The van der Waals surface area contributed by atoms with Gasteiger partial charge >= 0.3 is 0 Å². The molecule has 2 heterocycles. The lowest BCUT2D eigenvalue weighted by molar-refractivity contribution is 0.103. The summed E-state index contributed by atoms with van der Waals surface area (Å²) < 4.78 is 0. The molecule has 3 aromatic rings. The van der Waals surface area contributed by atoms with Crippen LogP contribution in [0.3, 0.4) is 0 Å². The lowest BCUT2D eigenvalue weighted by Gasteiger charge is -2.23. The predicted molar refractivity (Wildman–Crippen MR) is 99.7 cm³/mol. The van der Waals surface area contributed by atoms with Crippen molar-refractivity contribution in [2.75, 3.05) is 16.8 Å². The number of pyridine rings is 1. The largest absolute Gasteiger partial charge is 0.366 e. The molecule has 122 valence electrons. The van der Waals surface area contributed by atoms with Crippen molar-refractivity contribution in [3.8, 4) is 0 Å². The van der Waals surface area contributed by atoms with Crippen LogP contribution in [-0.4, -0.2) is 17.4 Å². The summed E-state index contributed by atoms with van der Waals surface area (Å²) in [5.74, 6) is 0.440. The Morgan fingerprint density at radius 2 is 1.96 bits per heavy atom.